The number of hydrogen-bond acceptors (Lipinski definition) is 6. The van der Waals surface area contributed by atoms with Crippen LogP contribution in [0.3, 0.4) is 0 Å². The molecule has 2 aliphatic rings. The molecule has 1 aromatic carbocycles. The summed E-state index contributed by atoms with van der Waals surface area (Å²) in [5.41, 5.74) is 1.60. The van der Waals surface area contributed by atoms with E-state index in [4.69, 9.17) is 28.0 Å². The Morgan fingerprint density at radius 3 is 2.75 bits per heavy atom. The standard InChI is InChI=1S/C16H18Cl2N4O2/c1-11(12-5-8-21(23)9-6-12)24-22-10-7-19-16(22)20-15-13(17)3-2-4-14(15)18/h2-6,8,11,23H,7,9-10H2,1H3,(H,19,20). The van der Waals surface area contributed by atoms with Crippen LogP contribution < -0.4 is 5.32 Å². The molecule has 3 rings (SSSR count). The Balaban J connectivity index is 1.67. The van der Waals surface area contributed by atoms with Crippen LogP contribution in [0.2, 0.25) is 10.0 Å². The number of para-hydroxylation sites is 1. The minimum absolute atomic E-state index is 0.179. The van der Waals surface area contributed by atoms with Gasteiger partial charge in [0.1, 0.15) is 6.10 Å². The third kappa shape index (κ3) is 3.84. The van der Waals surface area contributed by atoms with E-state index in [2.05, 4.69) is 10.3 Å². The second kappa shape index (κ2) is 7.44. The minimum atomic E-state index is -0.179. The zero-order valence-electron chi connectivity index (χ0n) is 13.1. The number of guanidine groups is 1. The number of anilines is 1. The van der Waals surface area contributed by atoms with E-state index in [0.717, 1.165) is 10.6 Å². The van der Waals surface area contributed by atoms with E-state index in [0.29, 0.717) is 41.3 Å². The van der Waals surface area contributed by atoms with Crippen molar-refractivity contribution in [3.05, 3.63) is 52.2 Å². The van der Waals surface area contributed by atoms with Gasteiger partial charge >= 0.3 is 0 Å². The maximum Gasteiger partial charge on any atom is 0.223 e. The molecule has 0 fully saturated rings. The number of benzene rings is 1. The molecule has 2 aliphatic heterocycles. The van der Waals surface area contributed by atoms with Gasteiger partial charge in [-0.2, -0.15) is 0 Å². The molecular formula is C16H18Cl2N4O2. The molecule has 8 heteroatoms. The fourth-order valence-corrected chi connectivity index (χ4v) is 2.91. The second-order valence-corrected chi connectivity index (χ2v) is 6.23. The van der Waals surface area contributed by atoms with E-state index in [1.807, 2.05) is 19.1 Å². The number of nitrogens with zero attached hydrogens (tertiary/aromatic N) is 3. The van der Waals surface area contributed by atoms with Crippen molar-refractivity contribution in [2.45, 2.75) is 13.0 Å². The van der Waals surface area contributed by atoms with Gasteiger partial charge in [-0.05, 0) is 30.7 Å². The molecule has 2 heterocycles. The highest BCUT2D eigenvalue weighted by Gasteiger charge is 2.23. The van der Waals surface area contributed by atoms with E-state index >= 15 is 0 Å². The molecule has 0 amide bonds. The van der Waals surface area contributed by atoms with Crippen LogP contribution in [0.5, 0.6) is 0 Å². The summed E-state index contributed by atoms with van der Waals surface area (Å²) in [6.45, 7) is 3.64. The Bertz CT molecular complexity index is 685. The molecule has 1 aromatic rings. The molecule has 2 N–H and O–H groups in total. The maximum absolute atomic E-state index is 9.35. The first-order valence-corrected chi connectivity index (χ1v) is 8.34. The Hall–Kier alpha value is -1.73. The average Bonchev–Trinajstić information content (AvgIpc) is 2.98. The monoisotopic (exact) mass is 368 g/mol. The molecule has 24 heavy (non-hydrogen) atoms. The lowest BCUT2D eigenvalue weighted by molar-refractivity contribution is -0.119. The van der Waals surface area contributed by atoms with Crippen LogP contribution in [0.1, 0.15) is 6.92 Å². The van der Waals surface area contributed by atoms with E-state index in [1.54, 1.807) is 29.5 Å². The number of hydrogen-bond donors (Lipinski definition) is 2. The summed E-state index contributed by atoms with van der Waals surface area (Å²) < 4.78 is 0. The molecular weight excluding hydrogens is 351 g/mol. The predicted octanol–water partition coefficient (Wildman–Crippen LogP) is 3.54. The smallest absolute Gasteiger partial charge is 0.223 e. The lowest BCUT2D eigenvalue weighted by atomic mass is 10.1. The van der Waals surface area contributed by atoms with Crippen molar-refractivity contribution in [3.8, 4) is 0 Å². The summed E-state index contributed by atoms with van der Waals surface area (Å²) in [5.74, 6) is 0.570. The normalized spacial score (nSPS) is 18.5. The number of rotatable bonds is 4. The number of nitrogens with one attached hydrogen (secondary N) is 1. The van der Waals surface area contributed by atoms with Crippen LogP contribution in [-0.2, 0) is 4.84 Å². The van der Waals surface area contributed by atoms with Gasteiger partial charge in [-0.25, -0.2) is 10.1 Å². The predicted molar refractivity (Wildman–Crippen MR) is 95.4 cm³/mol. The van der Waals surface area contributed by atoms with Crippen LogP contribution in [0.15, 0.2) is 47.1 Å². The van der Waals surface area contributed by atoms with Crippen molar-refractivity contribution >= 4 is 34.8 Å². The highest BCUT2D eigenvalue weighted by atomic mass is 35.5. The Morgan fingerprint density at radius 2 is 2.08 bits per heavy atom. The summed E-state index contributed by atoms with van der Waals surface area (Å²) in [5, 5.41) is 16.3. The lowest BCUT2D eigenvalue weighted by Gasteiger charge is -2.26. The van der Waals surface area contributed by atoms with Crippen molar-refractivity contribution in [1.29, 1.82) is 0 Å². The second-order valence-electron chi connectivity index (χ2n) is 5.42. The van der Waals surface area contributed by atoms with E-state index in [1.165, 1.54) is 0 Å². The van der Waals surface area contributed by atoms with Crippen molar-refractivity contribution in [3.63, 3.8) is 0 Å². The van der Waals surface area contributed by atoms with Gasteiger partial charge in [0.05, 0.1) is 35.4 Å². The van der Waals surface area contributed by atoms with E-state index in [9.17, 15) is 5.21 Å². The summed E-state index contributed by atoms with van der Waals surface area (Å²) in [6, 6.07) is 5.31. The number of aliphatic imine (C=N–C) groups is 1. The summed E-state index contributed by atoms with van der Waals surface area (Å²) in [4.78, 5) is 10.4. The van der Waals surface area contributed by atoms with Crippen molar-refractivity contribution in [2.24, 2.45) is 4.99 Å². The van der Waals surface area contributed by atoms with Gasteiger partial charge in [0, 0.05) is 6.20 Å². The van der Waals surface area contributed by atoms with Crippen molar-refractivity contribution < 1.29 is 10.0 Å². The fourth-order valence-electron chi connectivity index (χ4n) is 2.42. The molecule has 6 nitrogen and oxygen atoms in total. The van der Waals surface area contributed by atoms with Gasteiger partial charge in [-0.15, -0.1) is 0 Å². The van der Waals surface area contributed by atoms with Crippen LogP contribution in [0, 0.1) is 0 Å². The number of halogens is 2. The van der Waals surface area contributed by atoms with Gasteiger partial charge in [-0.1, -0.05) is 35.3 Å². The SMILES string of the molecule is CC(ON1CCN=C1Nc1c(Cl)cccc1Cl)C1=CCN(O)C=C1. The highest BCUT2D eigenvalue weighted by Crippen LogP contribution is 2.30. The molecule has 0 aromatic heterocycles. The Kier molecular flexibility index (Phi) is 5.30. The molecule has 0 aliphatic carbocycles. The largest absolute Gasteiger partial charge is 0.322 e. The Labute approximate surface area is 150 Å². The third-order valence-electron chi connectivity index (χ3n) is 3.71. The first-order valence-electron chi connectivity index (χ1n) is 7.58. The zero-order valence-corrected chi connectivity index (χ0v) is 14.6. The molecule has 0 bridgehead atoms. The first-order chi connectivity index (χ1) is 11.5. The van der Waals surface area contributed by atoms with Gasteiger partial charge < -0.3 is 5.32 Å². The molecule has 128 valence electrons. The van der Waals surface area contributed by atoms with E-state index < -0.39 is 0 Å². The molecule has 0 saturated heterocycles. The highest BCUT2D eigenvalue weighted by molar-refractivity contribution is 6.39. The third-order valence-corrected chi connectivity index (χ3v) is 4.34. The van der Waals surface area contributed by atoms with Crippen molar-refractivity contribution in [1.82, 2.24) is 10.1 Å². The quantitative estimate of drug-likeness (QED) is 0.850. The average molecular weight is 369 g/mol. The van der Waals surface area contributed by atoms with Crippen LogP contribution in [-0.4, -0.2) is 47.0 Å². The molecule has 0 radical (unpaired) electrons. The van der Waals surface area contributed by atoms with E-state index in [-0.39, 0.29) is 6.10 Å². The summed E-state index contributed by atoms with van der Waals surface area (Å²) in [7, 11) is 0. The maximum atomic E-state index is 9.35. The first kappa shape index (κ1) is 17.1. The summed E-state index contributed by atoms with van der Waals surface area (Å²) >= 11 is 12.4. The van der Waals surface area contributed by atoms with Crippen LogP contribution >= 0.6 is 23.2 Å². The molecule has 0 saturated carbocycles. The van der Waals surface area contributed by atoms with Gasteiger partial charge in [0.15, 0.2) is 0 Å². The number of hydroxylamine groups is 4. The topological polar surface area (TPSA) is 60.3 Å². The Morgan fingerprint density at radius 1 is 1.33 bits per heavy atom. The minimum Gasteiger partial charge on any atom is -0.322 e. The molecule has 1 unspecified atom stereocenters. The fraction of sp³-hybridized carbons (Fsp3) is 0.312. The van der Waals surface area contributed by atoms with Crippen LogP contribution in [0.25, 0.3) is 0 Å². The summed E-state index contributed by atoms with van der Waals surface area (Å²) in [6.07, 6.45) is 5.16. The van der Waals surface area contributed by atoms with Gasteiger partial charge in [0.2, 0.25) is 5.96 Å². The molecule has 1 atom stereocenters. The van der Waals surface area contributed by atoms with Crippen molar-refractivity contribution in [2.75, 3.05) is 25.0 Å². The molecule has 0 spiro atoms. The van der Waals surface area contributed by atoms with Gasteiger partial charge in [0.25, 0.3) is 0 Å². The van der Waals surface area contributed by atoms with Crippen LogP contribution in [0.4, 0.5) is 5.69 Å². The zero-order chi connectivity index (χ0) is 17.1. The lowest BCUT2D eigenvalue weighted by Crippen LogP contribution is -2.37. The van der Waals surface area contributed by atoms with Gasteiger partial charge in [-0.3, -0.25) is 15.1 Å².